The van der Waals surface area contributed by atoms with E-state index in [0.29, 0.717) is 24.8 Å². The standard InChI is InChI=1S/C23H26N6O/c1-15(2)18-9-5-7-11-20(18)29-17(4)26-22(27-29)23(30)24-13-14-28-16(3)25-19-10-6-8-12-21(19)28/h5-12,15H,13-14H2,1-4H3,(H,24,30). The van der Waals surface area contributed by atoms with Crippen LogP contribution < -0.4 is 5.32 Å². The van der Waals surface area contributed by atoms with Crippen molar-refractivity contribution in [1.82, 2.24) is 29.6 Å². The van der Waals surface area contributed by atoms with Crippen LogP contribution in [-0.4, -0.2) is 36.8 Å². The first-order chi connectivity index (χ1) is 14.5. The predicted octanol–water partition coefficient (Wildman–Crippen LogP) is 3.79. The Kier molecular flexibility index (Phi) is 5.35. The van der Waals surface area contributed by atoms with Crippen LogP contribution in [0.25, 0.3) is 16.7 Å². The summed E-state index contributed by atoms with van der Waals surface area (Å²) in [5.74, 6) is 1.85. The second-order valence-electron chi connectivity index (χ2n) is 7.66. The van der Waals surface area contributed by atoms with Crippen molar-refractivity contribution >= 4 is 16.9 Å². The zero-order chi connectivity index (χ0) is 21.3. The van der Waals surface area contributed by atoms with Crippen molar-refractivity contribution in [2.75, 3.05) is 6.54 Å². The third-order valence-corrected chi connectivity index (χ3v) is 5.23. The first-order valence-electron chi connectivity index (χ1n) is 10.2. The predicted molar refractivity (Wildman–Crippen MR) is 117 cm³/mol. The van der Waals surface area contributed by atoms with Gasteiger partial charge in [-0.3, -0.25) is 4.79 Å². The third-order valence-electron chi connectivity index (χ3n) is 5.23. The number of carbonyl (C=O) groups excluding carboxylic acids is 1. The number of amides is 1. The second-order valence-corrected chi connectivity index (χ2v) is 7.66. The van der Waals surface area contributed by atoms with Gasteiger partial charge in [-0.2, -0.15) is 0 Å². The summed E-state index contributed by atoms with van der Waals surface area (Å²) in [6.07, 6.45) is 0. The Morgan fingerprint density at radius 1 is 1.00 bits per heavy atom. The zero-order valence-corrected chi connectivity index (χ0v) is 17.8. The Hall–Kier alpha value is -3.48. The normalized spacial score (nSPS) is 11.4. The van der Waals surface area contributed by atoms with Gasteiger partial charge in [-0.1, -0.05) is 44.2 Å². The zero-order valence-electron chi connectivity index (χ0n) is 17.8. The number of imidazole rings is 1. The lowest BCUT2D eigenvalue weighted by Crippen LogP contribution is -2.28. The highest BCUT2D eigenvalue weighted by molar-refractivity contribution is 5.90. The maximum absolute atomic E-state index is 12.7. The van der Waals surface area contributed by atoms with Crippen LogP contribution in [0.5, 0.6) is 0 Å². The van der Waals surface area contributed by atoms with Crippen LogP contribution in [-0.2, 0) is 6.54 Å². The molecule has 0 spiro atoms. The lowest BCUT2D eigenvalue weighted by Gasteiger charge is -2.12. The van der Waals surface area contributed by atoms with Gasteiger partial charge in [0.1, 0.15) is 11.6 Å². The number of hydrogen-bond donors (Lipinski definition) is 1. The van der Waals surface area contributed by atoms with E-state index < -0.39 is 0 Å². The molecule has 0 aliphatic rings. The molecule has 0 saturated carbocycles. The largest absolute Gasteiger partial charge is 0.347 e. The molecule has 1 N–H and O–H groups in total. The molecule has 0 aliphatic carbocycles. The molecular weight excluding hydrogens is 376 g/mol. The van der Waals surface area contributed by atoms with Crippen LogP contribution in [0.3, 0.4) is 0 Å². The van der Waals surface area contributed by atoms with E-state index in [-0.39, 0.29) is 11.7 Å². The maximum Gasteiger partial charge on any atom is 0.291 e. The maximum atomic E-state index is 12.7. The van der Waals surface area contributed by atoms with Crippen molar-refractivity contribution in [3.8, 4) is 5.69 Å². The summed E-state index contributed by atoms with van der Waals surface area (Å²) in [6, 6.07) is 16.1. The van der Waals surface area contributed by atoms with Crippen molar-refractivity contribution in [2.24, 2.45) is 0 Å². The third kappa shape index (κ3) is 3.70. The Morgan fingerprint density at radius 2 is 1.73 bits per heavy atom. The number of para-hydroxylation sites is 3. The summed E-state index contributed by atoms with van der Waals surface area (Å²) >= 11 is 0. The molecule has 4 rings (SSSR count). The number of nitrogens with zero attached hydrogens (tertiary/aromatic N) is 5. The van der Waals surface area contributed by atoms with E-state index in [1.54, 1.807) is 4.68 Å². The fourth-order valence-corrected chi connectivity index (χ4v) is 3.72. The molecule has 0 unspecified atom stereocenters. The average Bonchev–Trinajstić information content (AvgIpc) is 3.27. The van der Waals surface area contributed by atoms with E-state index in [1.807, 2.05) is 56.3 Å². The summed E-state index contributed by atoms with van der Waals surface area (Å²) in [7, 11) is 0. The van der Waals surface area contributed by atoms with Crippen LogP contribution in [0, 0.1) is 13.8 Å². The van der Waals surface area contributed by atoms with Gasteiger partial charge in [0.25, 0.3) is 5.91 Å². The Morgan fingerprint density at radius 3 is 2.53 bits per heavy atom. The number of aryl methyl sites for hydroxylation is 2. The van der Waals surface area contributed by atoms with Gasteiger partial charge in [0.15, 0.2) is 0 Å². The lowest BCUT2D eigenvalue weighted by atomic mass is 10.0. The molecule has 2 aromatic heterocycles. The van der Waals surface area contributed by atoms with Gasteiger partial charge in [-0.15, -0.1) is 5.10 Å². The highest BCUT2D eigenvalue weighted by Gasteiger charge is 2.17. The van der Waals surface area contributed by atoms with Crippen LogP contribution in [0.2, 0.25) is 0 Å². The van der Waals surface area contributed by atoms with E-state index in [0.717, 1.165) is 22.5 Å². The highest BCUT2D eigenvalue weighted by Crippen LogP contribution is 2.23. The van der Waals surface area contributed by atoms with Crippen LogP contribution in [0.15, 0.2) is 48.5 Å². The van der Waals surface area contributed by atoms with Gasteiger partial charge in [0.2, 0.25) is 5.82 Å². The number of nitrogens with one attached hydrogen (secondary N) is 1. The van der Waals surface area contributed by atoms with Gasteiger partial charge < -0.3 is 9.88 Å². The molecule has 0 radical (unpaired) electrons. The molecule has 4 aromatic rings. The monoisotopic (exact) mass is 402 g/mol. The van der Waals surface area contributed by atoms with Gasteiger partial charge in [-0.25, -0.2) is 14.6 Å². The van der Waals surface area contributed by atoms with Crippen molar-refractivity contribution in [1.29, 1.82) is 0 Å². The number of aromatic nitrogens is 5. The van der Waals surface area contributed by atoms with E-state index in [4.69, 9.17) is 0 Å². The molecule has 2 aromatic carbocycles. The first kappa shape index (κ1) is 19.8. The molecule has 7 nitrogen and oxygen atoms in total. The molecule has 7 heteroatoms. The molecule has 0 aliphatic heterocycles. The number of carbonyl (C=O) groups is 1. The SMILES string of the molecule is Cc1nc(C(=O)NCCn2c(C)nc3ccccc32)nn1-c1ccccc1C(C)C. The van der Waals surface area contributed by atoms with E-state index in [9.17, 15) is 4.79 Å². The molecule has 0 bridgehead atoms. The highest BCUT2D eigenvalue weighted by atomic mass is 16.2. The Balaban J connectivity index is 1.49. The summed E-state index contributed by atoms with van der Waals surface area (Å²) in [6.45, 7) is 9.22. The van der Waals surface area contributed by atoms with Crippen LogP contribution in [0.4, 0.5) is 0 Å². The molecule has 0 saturated heterocycles. The molecule has 2 heterocycles. The number of benzene rings is 2. The van der Waals surface area contributed by atoms with Gasteiger partial charge >= 0.3 is 0 Å². The van der Waals surface area contributed by atoms with Crippen molar-refractivity contribution in [3.05, 3.63) is 71.6 Å². The minimum atomic E-state index is -0.277. The van der Waals surface area contributed by atoms with Gasteiger partial charge in [0.05, 0.1) is 16.7 Å². The molecule has 0 atom stereocenters. The van der Waals surface area contributed by atoms with E-state index >= 15 is 0 Å². The Bertz CT molecular complexity index is 1200. The number of rotatable bonds is 6. The van der Waals surface area contributed by atoms with E-state index in [1.165, 1.54) is 5.56 Å². The first-order valence-corrected chi connectivity index (χ1v) is 10.2. The fourth-order valence-electron chi connectivity index (χ4n) is 3.72. The van der Waals surface area contributed by atoms with Crippen molar-refractivity contribution in [2.45, 2.75) is 40.2 Å². The molecule has 154 valence electrons. The molecule has 0 fully saturated rings. The minimum absolute atomic E-state index is 0.179. The molecule has 1 amide bonds. The van der Waals surface area contributed by atoms with Crippen LogP contribution >= 0.6 is 0 Å². The van der Waals surface area contributed by atoms with Gasteiger partial charge in [-0.05, 0) is 43.5 Å². The smallest absolute Gasteiger partial charge is 0.291 e. The fraction of sp³-hybridized carbons (Fsp3) is 0.304. The van der Waals surface area contributed by atoms with Crippen molar-refractivity contribution in [3.63, 3.8) is 0 Å². The topological polar surface area (TPSA) is 77.6 Å². The Labute approximate surface area is 175 Å². The minimum Gasteiger partial charge on any atom is -0.347 e. The quantitative estimate of drug-likeness (QED) is 0.532. The molecule has 30 heavy (non-hydrogen) atoms. The number of hydrogen-bond acceptors (Lipinski definition) is 4. The van der Waals surface area contributed by atoms with E-state index in [2.05, 4.69) is 44.9 Å². The summed E-state index contributed by atoms with van der Waals surface area (Å²) in [5.41, 5.74) is 4.14. The number of fused-ring (bicyclic) bond motifs is 1. The van der Waals surface area contributed by atoms with Crippen molar-refractivity contribution < 1.29 is 4.79 Å². The lowest BCUT2D eigenvalue weighted by molar-refractivity contribution is 0.0942. The van der Waals surface area contributed by atoms with Crippen LogP contribution in [0.1, 0.15) is 47.6 Å². The average molecular weight is 403 g/mol. The molecular formula is C23H26N6O. The van der Waals surface area contributed by atoms with Gasteiger partial charge in [0, 0.05) is 13.1 Å². The second kappa shape index (κ2) is 8.10. The summed E-state index contributed by atoms with van der Waals surface area (Å²) in [4.78, 5) is 21.6. The summed E-state index contributed by atoms with van der Waals surface area (Å²) in [5, 5.41) is 7.41. The summed E-state index contributed by atoms with van der Waals surface area (Å²) < 4.78 is 3.85.